The molecule has 5 rings (SSSR count). The highest BCUT2D eigenvalue weighted by Gasteiger charge is 2.36. The van der Waals surface area contributed by atoms with E-state index in [0.717, 1.165) is 68.2 Å². The maximum absolute atomic E-state index is 14.2. The Kier molecular flexibility index (Phi) is 8.33. The van der Waals surface area contributed by atoms with Crippen molar-refractivity contribution in [2.75, 3.05) is 0 Å². The Morgan fingerprint density at radius 1 is 1.15 bits per heavy atom. The largest absolute Gasteiger partial charge is 0.329 e. The van der Waals surface area contributed by atoms with Crippen LogP contribution in [0, 0.1) is 5.92 Å². The first-order valence-electron chi connectivity index (χ1n) is 14.4. The Morgan fingerprint density at radius 3 is 2.79 bits per heavy atom. The van der Waals surface area contributed by atoms with Crippen LogP contribution in [0.25, 0.3) is 11.4 Å². The summed E-state index contributed by atoms with van der Waals surface area (Å²) in [6, 6.07) is 7.74. The molecule has 3 atom stereocenters. The fourth-order valence-corrected chi connectivity index (χ4v) is 6.22. The van der Waals surface area contributed by atoms with E-state index in [4.69, 9.17) is 0 Å². The molecule has 1 fully saturated rings. The zero-order valence-corrected chi connectivity index (χ0v) is 23.1. The van der Waals surface area contributed by atoms with Crippen LogP contribution in [-0.4, -0.2) is 41.8 Å². The number of tetrazole rings is 1. The quantitative estimate of drug-likeness (QED) is 0.410. The lowest BCUT2D eigenvalue weighted by atomic mass is 9.76. The van der Waals surface area contributed by atoms with Gasteiger partial charge in [0, 0.05) is 48.2 Å². The molecule has 0 bridgehead atoms. The minimum atomic E-state index is -0.479. The molecule has 3 unspecified atom stereocenters. The van der Waals surface area contributed by atoms with Gasteiger partial charge in [-0.25, -0.2) is 4.79 Å². The minimum absolute atomic E-state index is 0.0805. The lowest BCUT2D eigenvalue weighted by Crippen LogP contribution is -2.40. The van der Waals surface area contributed by atoms with Crippen LogP contribution in [0.2, 0.25) is 0 Å². The number of hydrogen-bond donors (Lipinski definition) is 1. The molecule has 1 N–H and O–H groups in total. The number of rotatable bonds is 9. The number of nitrogens with zero attached hydrogens (tertiary/aromatic N) is 6. The van der Waals surface area contributed by atoms with Crippen LogP contribution in [0.1, 0.15) is 88.9 Å². The fourth-order valence-electron chi connectivity index (χ4n) is 6.22. The lowest BCUT2D eigenvalue weighted by Gasteiger charge is -2.32. The number of benzene rings is 1. The molecule has 3 aromatic rings. The van der Waals surface area contributed by atoms with E-state index in [1.807, 2.05) is 35.3 Å². The zero-order valence-electron chi connectivity index (χ0n) is 23.1. The van der Waals surface area contributed by atoms with Gasteiger partial charge in [-0.2, -0.15) is 5.21 Å². The molecule has 1 aliphatic heterocycles. The summed E-state index contributed by atoms with van der Waals surface area (Å²) >= 11 is 0. The minimum Gasteiger partial charge on any atom is -0.297 e. The van der Waals surface area contributed by atoms with Crippen LogP contribution < -0.4 is 5.69 Å². The predicted molar refractivity (Wildman–Crippen MR) is 152 cm³/mol. The molecule has 1 aromatic carbocycles. The van der Waals surface area contributed by atoms with Gasteiger partial charge in [0.05, 0.1) is 6.04 Å². The van der Waals surface area contributed by atoms with Gasteiger partial charge >= 0.3 is 5.69 Å². The van der Waals surface area contributed by atoms with Crippen molar-refractivity contribution in [3.63, 3.8) is 0 Å². The third-order valence-corrected chi connectivity index (χ3v) is 8.49. The standard InChI is InChI=1S/C30H39N7O2/c1-3-5-13-25-20-36(27-22(4-2)10-7-6-8-14-26(27)38)29(39)37(25)21-30(15-17-31-18-16-30)24-12-9-11-23(19-24)28-32-34-35-33-28/h9,11-12,15,17-20,22,27H,3-8,10,13-14,16,21H2,1-2H3,(H,32,33,34,35). The van der Waals surface area contributed by atoms with Gasteiger partial charge in [0.15, 0.2) is 5.78 Å². The van der Waals surface area contributed by atoms with Crippen molar-refractivity contribution < 1.29 is 4.79 Å². The summed E-state index contributed by atoms with van der Waals surface area (Å²) < 4.78 is 3.72. The number of carbonyl (C=O) groups is 1. The van der Waals surface area contributed by atoms with Gasteiger partial charge in [0.2, 0.25) is 5.82 Å². The average molecular weight is 530 g/mol. The fraction of sp³-hybridized carbons (Fsp3) is 0.533. The van der Waals surface area contributed by atoms with E-state index in [1.54, 1.807) is 4.57 Å². The highest BCUT2D eigenvalue weighted by atomic mass is 16.2. The van der Waals surface area contributed by atoms with Crippen LogP contribution in [-0.2, 0) is 23.2 Å². The highest BCUT2D eigenvalue weighted by Crippen LogP contribution is 2.36. The van der Waals surface area contributed by atoms with Crippen molar-refractivity contribution in [2.24, 2.45) is 10.9 Å². The van der Waals surface area contributed by atoms with Gasteiger partial charge in [-0.3, -0.25) is 18.9 Å². The van der Waals surface area contributed by atoms with Gasteiger partial charge in [0.25, 0.3) is 0 Å². The molecule has 9 heteroatoms. The SMILES string of the molecule is CCCCc1cn(C2C(=O)CCCCCC2CC)c(=O)n1CC1(c2cccc(-c3nn[nH]n3)c2)C=CN=CC1. The number of hydrogen-bond acceptors (Lipinski definition) is 6. The third-order valence-electron chi connectivity index (χ3n) is 8.49. The van der Waals surface area contributed by atoms with Crippen LogP contribution >= 0.6 is 0 Å². The van der Waals surface area contributed by atoms with E-state index in [0.29, 0.717) is 25.2 Å². The van der Waals surface area contributed by atoms with Gasteiger partial charge in [0.1, 0.15) is 0 Å². The summed E-state index contributed by atoms with van der Waals surface area (Å²) in [5, 5.41) is 14.5. The van der Waals surface area contributed by atoms with Crippen LogP contribution in [0.3, 0.4) is 0 Å². The number of allylic oxidation sites excluding steroid dienone is 1. The number of carbonyl (C=O) groups excluding carboxylic acids is 1. The summed E-state index contributed by atoms with van der Waals surface area (Å²) in [7, 11) is 0. The molecule has 3 heterocycles. The molecule has 0 amide bonds. The van der Waals surface area contributed by atoms with Crippen LogP contribution in [0.5, 0.6) is 0 Å². The number of aromatic amines is 1. The highest BCUT2D eigenvalue weighted by molar-refractivity contribution is 5.83. The Bertz CT molecular complexity index is 1380. The Balaban J connectivity index is 1.59. The molecule has 9 nitrogen and oxygen atoms in total. The number of aliphatic imine (C=N–C) groups is 1. The molecule has 0 saturated heterocycles. The van der Waals surface area contributed by atoms with E-state index >= 15 is 0 Å². The molecule has 2 aromatic heterocycles. The molecule has 1 aliphatic carbocycles. The van der Waals surface area contributed by atoms with Crippen molar-refractivity contribution in [2.45, 2.75) is 96.1 Å². The van der Waals surface area contributed by atoms with Crippen molar-refractivity contribution in [3.05, 3.63) is 64.5 Å². The number of aromatic nitrogens is 6. The first-order chi connectivity index (χ1) is 19.1. The predicted octanol–water partition coefficient (Wildman–Crippen LogP) is 5.20. The molecule has 0 radical (unpaired) electrons. The first kappa shape index (κ1) is 27.0. The average Bonchev–Trinajstić information content (AvgIpc) is 3.60. The molecular weight excluding hydrogens is 490 g/mol. The van der Waals surface area contributed by atoms with Crippen LogP contribution in [0.4, 0.5) is 0 Å². The molecule has 1 saturated carbocycles. The summed E-state index contributed by atoms with van der Waals surface area (Å²) in [6.45, 7) is 4.77. The Hall–Kier alpha value is -3.62. The van der Waals surface area contributed by atoms with Crippen molar-refractivity contribution in [1.29, 1.82) is 0 Å². The number of H-pyrrole nitrogens is 1. The zero-order chi connectivity index (χ0) is 27.2. The van der Waals surface area contributed by atoms with Crippen molar-refractivity contribution in [1.82, 2.24) is 29.8 Å². The summed E-state index contributed by atoms with van der Waals surface area (Å²) in [5.74, 6) is 0.920. The summed E-state index contributed by atoms with van der Waals surface area (Å²) in [6.07, 6.45) is 16.9. The van der Waals surface area contributed by atoms with Gasteiger partial charge in [-0.15, -0.1) is 10.2 Å². The second-order valence-corrected chi connectivity index (χ2v) is 11.0. The molecular formula is C30H39N7O2. The summed E-state index contributed by atoms with van der Waals surface area (Å²) in [4.78, 5) is 32.0. The van der Waals surface area contributed by atoms with E-state index in [1.165, 1.54) is 0 Å². The van der Waals surface area contributed by atoms with Crippen molar-refractivity contribution >= 4 is 12.0 Å². The number of imidazole rings is 1. The first-order valence-corrected chi connectivity index (χ1v) is 14.4. The molecule has 0 spiro atoms. The van der Waals surface area contributed by atoms with E-state index in [-0.39, 0.29) is 23.4 Å². The van der Waals surface area contributed by atoms with E-state index in [9.17, 15) is 9.59 Å². The van der Waals surface area contributed by atoms with Gasteiger partial charge in [-0.1, -0.05) is 63.8 Å². The Morgan fingerprint density at radius 2 is 2.05 bits per heavy atom. The Labute approximate surface area is 229 Å². The van der Waals surface area contributed by atoms with Crippen LogP contribution in [0.15, 0.2) is 52.5 Å². The smallest absolute Gasteiger partial charge is 0.297 e. The second-order valence-electron chi connectivity index (χ2n) is 11.0. The summed E-state index contributed by atoms with van der Waals surface area (Å²) in [5.41, 5.74) is 2.35. The number of Topliss-reactive ketones (excluding diaryl/α,β-unsaturated/α-hetero) is 1. The van der Waals surface area contributed by atoms with Gasteiger partial charge < -0.3 is 0 Å². The normalized spacial score (nSPS) is 23.6. The van der Waals surface area contributed by atoms with Crippen molar-refractivity contribution in [3.8, 4) is 11.4 Å². The maximum Gasteiger partial charge on any atom is 0.329 e. The monoisotopic (exact) mass is 529 g/mol. The number of nitrogens with one attached hydrogen (secondary N) is 1. The topological polar surface area (TPSA) is 111 Å². The maximum atomic E-state index is 14.2. The molecule has 2 aliphatic rings. The molecule has 206 valence electrons. The molecule has 39 heavy (non-hydrogen) atoms. The lowest BCUT2D eigenvalue weighted by molar-refractivity contribution is -0.124. The third kappa shape index (κ3) is 5.58. The number of aryl methyl sites for hydroxylation is 1. The van der Waals surface area contributed by atoms with E-state index < -0.39 is 5.41 Å². The number of ketones is 1. The van der Waals surface area contributed by atoms with E-state index in [2.05, 4.69) is 57.7 Å². The second kappa shape index (κ2) is 12.1. The van der Waals surface area contributed by atoms with Gasteiger partial charge in [-0.05, 0) is 54.9 Å². The number of unbranched alkanes of at least 4 members (excludes halogenated alkanes) is 1.